The number of amides is 1. The van der Waals surface area contributed by atoms with Gasteiger partial charge in [-0.3, -0.25) is 14.8 Å². The van der Waals surface area contributed by atoms with Crippen LogP contribution in [0.4, 0.5) is 8.78 Å². The zero-order valence-electron chi connectivity index (χ0n) is 19.8. The van der Waals surface area contributed by atoms with Gasteiger partial charge in [0.15, 0.2) is 10.8 Å². The summed E-state index contributed by atoms with van der Waals surface area (Å²) in [5, 5.41) is 3.30. The second-order valence-corrected chi connectivity index (χ2v) is 11.0. The maximum Gasteiger partial charge on any atom is 0.307 e. The van der Waals surface area contributed by atoms with Crippen LogP contribution in [0.3, 0.4) is 0 Å². The van der Waals surface area contributed by atoms with Crippen LogP contribution in [0.1, 0.15) is 61.2 Å². The van der Waals surface area contributed by atoms with E-state index in [0.717, 1.165) is 24.2 Å². The normalized spacial score (nSPS) is 18.6. The average molecular weight is 531 g/mol. The Morgan fingerprint density at radius 2 is 2.03 bits per heavy atom. The van der Waals surface area contributed by atoms with Gasteiger partial charge in [-0.15, -0.1) is 0 Å². The number of nitrogens with one attached hydrogen (secondary N) is 1. The van der Waals surface area contributed by atoms with Gasteiger partial charge in [0.25, 0.3) is 5.91 Å². The van der Waals surface area contributed by atoms with Crippen LogP contribution in [-0.2, 0) is 5.92 Å². The number of alkyl halides is 2. The quantitative estimate of drug-likeness (QED) is 0.318. The summed E-state index contributed by atoms with van der Waals surface area (Å²) in [7, 11) is 0. The lowest BCUT2D eigenvalue weighted by Gasteiger charge is -2.33. The van der Waals surface area contributed by atoms with Gasteiger partial charge < -0.3 is 9.88 Å². The molecule has 2 atom stereocenters. The monoisotopic (exact) mass is 530 g/mol. The van der Waals surface area contributed by atoms with Crippen molar-refractivity contribution < 1.29 is 13.6 Å². The van der Waals surface area contributed by atoms with E-state index in [-0.39, 0.29) is 28.8 Å². The number of pyridine rings is 2. The molecule has 1 fully saturated rings. The second-order valence-electron chi connectivity index (χ2n) is 9.32. The zero-order chi connectivity index (χ0) is 25.4. The van der Waals surface area contributed by atoms with Crippen LogP contribution >= 0.6 is 22.9 Å². The number of hydrogen-bond donors (Lipinski definition) is 1. The molecule has 36 heavy (non-hydrogen) atoms. The molecule has 4 heterocycles. The Labute approximate surface area is 216 Å². The summed E-state index contributed by atoms with van der Waals surface area (Å²) in [6, 6.07) is 6.82. The first-order valence-electron chi connectivity index (χ1n) is 11.8. The maximum atomic E-state index is 15.5. The molecule has 0 bridgehead atoms. The van der Waals surface area contributed by atoms with E-state index in [0.29, 0.717) is 39.6 Å². The van der Waals surface area contributed by atoms with Crippen molar-refractivity contribution >= 4 is 39.9 Å². The molecule has 4 aromatic heterocycles. The summed E-state index contributed by atoms with van der Waals surface area (Å²) >= 11 is 7.03. The van der Waals surface area contributed by atoms with Crippen molar-refractivity contribution in [2.75, 3.05) is 0 Å². The van der Waals surface area contributed by atoms with E-state index in [1.807, 2.05) is 18.2 Å². The number of imidazole rings is 1. The number of carbonyl (C=O) groups excluding carboxylic acids is 1. The lowest BCUT2D eigenvalue weighted by molar-refractivity contribution is -0.0638. The molecule has 1 aliphatic rings. The average Bonchev–Trinajstić information content (AvgIpc) is 3.48. The summed E-state index contributed by atoms with van der Waals surface area (Å²) in [5.74, 6) is -4.65. The summed E-state index contributed by atoms with van der Waals surface area (Å²) in [5.41, 5.74) is 2.24. The third-order valence-corrected chi connectivity index (χ3v) is 7.66. The fourth-order valence-corrected chi connectivity index (χ4v) is 5.47. The first-order chi connectivity index (χ1) is 17.2. The minimum Gasteiger partial charge on any atom is -0.347 e. The highest BCUT2D eigenvalue weighted by Crippen LogP contribution is 2.41. The molecular weight excluding hydrogens is 506 g/mol. The molecule has 0 spiro atoms. The van der Waals surface area contributed by atoms with Crippen LogP contribution < -0.4 is 5.32 Å². The van der Waals surface area contributed by atoms with E-state index in [9.17, 15) is 4.79 Å². The molecular formula is C25H25ClF2N6OS. The molecule has 1 saturated carbocycles. The topological polar surface area (TPSA) is 85.6 Å². The van der Waals surface area contributed by atoms with Crippen LogP contribution in [0.25, 0.3) is 22.4 Å². The fourth-order valence-electron chi connectivity index (χ4n) is 4.65. The first kappa shape index (κ1) is 24.7. The summed E-state index contributed by atoms with van der Waals surface area (Å²) in [6.07, 6.45) is 7.37. The molecule has 5 rings (SSSR count). The highest BCUT2D eigenvalue weighted by Gasteiger charge is 2.43. The molecule has 0 aromatic carbocycles. The largest absolute Gasteiger partial charge is 0.347 e. The highest BCUT2D eigenvalue weighted by atomic mass is 35.5. The van der Waals surface area contributed by atoms with E-state index in [1.165, 1.54) is 26.2 Å². The van der Waals surface area contributed by atoms with Crippen molar-refractivity contribution in [3.05, 3.63) is 58.0 Å². The molecule has 11 heteroatoms. The van der Waals surface area contributed by atoms with Crippen molar-refractivity contribution in [3.8, 4) is 11.4 Å². The van der Waals surface area contributed by atoms with E-state index < -0.39 is 11.8 Å². The van der Waals surface area contributed by atoms with E-state index in [4.69, 9.17) is 11.6 Å². The number of aromatic nitrogens is 5. The van der Waals surface area contributed by atoms with Gasteiger partial charge in [0.05, 0.1) is 29.3 Å². The summed E-state index contributed by atoms with van der Waals surface area (Å²) in [4.78, 5) is 29.9. The predicted octanol–water partition coefficient (Wildman–Crippen LogP) is 6.26. The van der Waals surface area contributed by atoms with Crippen molar-refractivity contribution in [3.63, 3.8) is 0 Å². The number of fused-ring (bicyclic) bond motifs is 1. The third kappa shape index (κ3) is 4.71. The van der Waals surface area contributed by atoms with Crippen molar-refractivity contribution in [1.82, 2.24) is 29.8 Å². The third-order valence-electron chi connectivity index (χ3n) is 6.55. The Morgan fingerprint density at radius 1 is 1.19 bits per heavy atom. The molecule has 1 N–H and O–H groups in total. The van der Waals surface area contributed by atoms with Gasteiger partial charge in [-0.25, -0.2) is 9.97 Å². The molecule has 0 unspecified atom stereocenters. The Balaban J connectivity index is 1.53. The highest BCUT2D eigenvalue weighted by molar-refractivity contribution is 7.17. The molecule has 4 aromatic rings. The van der Waals surface area contributed by atoms with Gasteiger partial charge in [0.2, 0.25) is 0 Å². The van der Waals surface area contributed by atoms with Crippen molar-refractivity contribution in [1.29, 1.82) is 0 Å². The predicted molar refractivity (Wildman–Crippen MR) is 135 cm³/mol. The molecule has 1 aliphatic carbocycles. The van der Waals surface area contributed by atoms with E-state index >= 15 is 8.78 Å². The minimum atomic E-state index is -3.14. The molecule has 0 radical (unpaired) electrons. The smallest absolute Gasteiger partial charge is 0.307 e. The number of thiazole rings is 1. The van der Waals surface area contributed by atoms with Gasteiger partial charge in [0.1, 0.15) is 9.85 Å². The Morgan fingerprint density at radius 3 is 2.72 bits per heavy atom. The lowest BCUT2D eigenvalue weighted by Crippen LogP contribution is -2.39. The van der Waals surface area contributed by atoms with Crippen molar-refractivity contribution in [2.45, 2.75) is 57.5 Å². The van der Waals surface area contributed by atoms with Gasteiger partial charge >= 0.3 is 5.92 Å². The van der Waals surface area contributed by atoms with E-state index in [1.54, 1.807) is 16.8 Å². The minimum absolute atomic E-state index is 0.186. The van der Waals surface area contributed by atoms with Crippen LogP contribution in [0, 0.1) is 5.92 Å². The lowest BCUT2D eigenvalue weighted by atomic mass is 9.90. The van der Waals surface area contributed by atoms with Crippen LogP contribution in [-0.4, -0.2) is 36.5 Å². The Bertz CT molecular complexity index is 1390. The van der Waals surface area contributed by atoms with Crippen LogP contribution in [0.15, 0.2) is 42.9 Å². The maximum absolute atomic E-state index is 15.5. The van der Waals surface area contributed by atoms with Crippen molar-refractivity contribution in [2.24, 2.45) is 5.92 Å². The zero-order valence-corrected chi connectivity index (χ0v) is 21.4. The molecule has 0 saturated heterocycles. The SMILES string of the molecule is CC(C)C(F)(F)c1nc2cnc(-c3ccccn3)cc2n1[C@@H]1CCC[C@H](NC(=O)c2ncc(Cl)s2)C1. The summed E-state index contributed by atoms with van der Waals surface area (Å²) < 4.78 is 33.1. The second kappa shape index (κ2) is 9.82. The Hall–Kier alpha value is -2.98. The van der Waals surface area contributed by atoms with Crippen LogP contribution in [0.2, 0.25) is 4.34 Å². The number of carbonyl (C=O) groups is 1. The van der Waals surface area contributed by atoms with Crippen LogP contribution in [0.5, 0.6) is 0 Å². The number of rotatable bonds is 6. The number of hydrogen-bond acceptors (Lipinski definition) is 6. The number of halogens is 3. The molecule has 1 amide bonds. The van der Waals surface area contributed by atoms with E-state index in [2.05, 4.69) is 25.3 Å². The Kier molecular flexibility index (Phi) is 6.74. The molecule has 0 aliphatic heterocycles. The number of nitrogens with zero attached hydrogens (tertiary/aromatic N) is 5. The molecule has 188 valence electrons. The molecule has 7 nitrogen and oxygen atoms in total. The first-order valence-corrected chi connectivity index (χ1v) is 13.0. The fraction of sp³-hybridized carbons (Fsp3) is 0.400. The van der Waals surface area contributed by atoms with Gasteiger partial charge in [-0.05, 0) is 43.9 Å². The standard InChI is InChI=1S/C25H25ClF2N6OS/c1-14(2)25(27,28)24-33-19-12-30-18(17-8-3-4-9-29-17)11-20(19)34(24)16-7-5-6-15(10-16)32-22(35)23-31-13-21(26)36-23/h3-4,8-9,11-16H,5-7,10H2,1-2H3,(H,32,35)/t15-,16+/m0/s1. The van der Waals surface area contributed by atoms with Gasteiger partial charge in [-0.2, -0.15) is 8.78 Å². The van der Waals surface area contributed by atoms with Gasteiger partial charge in [0, 0.05) is 24.2 Å². The summed E-state index contributed by atoms with van der Waals surface area (Å²) in [6.45, 7) is 2.98. The van der Waals surface area contributed by atoms with Gasteiger partial charge in [-0.1, -0.05) is 42.9 Å².